The Bertz CT molecular complexity index is 725. The molecule has 0 aliphatic carbocycles. The molecule has 1 aliphatic heterocycles. The molecule has 0 saturated heterocycles. The molecular weight excluding hydrogens is 284 g/mol. The van der Waals surface area contributed by atoms with E-state index in [9.17, 15) is 4.79 Å². The highest BCUT2D eigenvalue weighted by Crippen LogP contribution is 2.29. The summed E-state index contributed by atoms with van der Waals surface area (Å²) in [4.78, 5) is 18.6. The Morgan fingerprint density at radius 2 is 1.86 bits per heavy atom. The number of rotatable bonds is 1. The highest BCUT2D eigenvalue weighted by Gasteiger charge is 2.27. The fourth-order valence-electron chi connectivity index (χ4n) is 2.53. The van der Waals surface area contributed by atoms with Crippen LogP contribution in [-0.2, 0) is 4.79 Å². The number of benzodiazepines with no additional fused rings is 1. The van der Waals surface area contributed by atoms with Crippen LogP contribution in [0.1, 0.15) is 18.1 Å². The van der Waals surface area contributed by atoms with Gasteiger partial charge in [0.05, 0.1) is 11.4 Å². The van der Waals surface area contributed by atoms with Gasteiger partial charge in [0, 0.05) is 23.2 Å². The number of carbonyl (C=O) groups excluding carboxylic acids is 1. The number of carbonyl (C=O) groups is 1. The Morgan fingerprint density at radius 1 is 1.14 bits per heavy atom. The molecule has 21 heavy (non-hydrogen) atoms. The molecule has 4 heteroatoms. The van der Waals surface area contributed by atoms with Gasteiger partial charge in [-0.25, -0.2) is 0 Å². The van der Waals surface area contributed by atoms with Crippen molar-refractivity contribution in [2.75, 3.05) is 11.9 Å². The average Bonchev–Trinajstić information content (AvgIpc) is 2.59. The van der Waals surface area contributed by atoms with Gasteiger partial charge in [0.15, 0.2) is 0 Å². The van der Waals surface area contributed by atoms with Crippen molar-refractivity contribution in [3.8, 4) is 0 Å². The molecule has 1 amide bonds. The van der Waals surface area contributed by atoms with E-state index < -0.39 is 6.04 Å². The summed E-state index contributed by atoms with van der Waals surface area (Å²) in [5.41, 5.74) is 3.50. The first-order valence-electron chi connectivity index (χ1n) is 6.78. The zero-order chi connectivity index (χ0) is 15.0. The van der Waals surface area contributed by atoms with Crippen LogP contribution in [0.3, 0.4) is 0 Å². The minimum absolute atomic E-state index is 0.0236. The normalized spacial score (nSPS) is 18.0. The van der Waals surface area contributed by atoms with Gasteiger partial charge in [-0.05, 0) is 25.1 Å². The number of anilines is 1. The molecular formula is C17H15ClN2O. The van der Waals surface area contributed by atoms with Crippen molar-refractivity contribution >= 4 is 28.9 Å². The highest BCUT2D eigenvalue weighted by molar-refractivity contribution is 6.32. The summed E-state index contributed by atoms with van der Waals surface area (Å²) in [5.74, 6) is -0.0236. The second-order valence-corrected chi connectivity index (χ2v) is 5.51. The zero-order valence-electron chi connectivity index (χ0n) is 11.9. The Balaban J connectivity index is 2.27. The summed E-state index contributed by atoms with van der Waals surface area (Å²) in [7, 11) is 1.77. The van der Waals surface area contributed by atoms with E-state index in [4.69, 9.17) is 11.6 Å². The van der Waals surface area contributed by atoms with Crippen molar-refractivity contribution in [3.05, 3.63) is 64.7 Å². The number of fused-ring (bicyclic) bond motifs is 1. The van der Waals surface area contributed by atoms with Gasteiger partial charge in [0.25, 0.3) is 5.91 Å². The van der Waals surface area contributed by atoms with E-state index in [0.717, 1.165) is 22.5 Å². The molecule has 106 valence electrons. The van der Waals surface area contributed by atoms with Crippen molar-refractivity contribution in [1.29, 1.82) is 0 Å². The first kappa shape index (κ1) is 13.8. The van der Waals surface area contributed by atoms with Gasteiger partial charge in [-0.3, -0.25) is 9.79 Å². The fourth-order valence-corrected chi connectivity index (χ4v) is 2.71. The molecule has 0 bridgehead atoms. The van der Waals surface area contributed by atoms with E-state index >= 15 is 0 Å². The summed E-state index contributed by atoms with van der Waals surface area (Å²) in [6.45, 7) is 1.81. The maximum Gasteiger partial charge on any atom is 0.251 e. The van der Waals surface area contributed by atoms with Crippen LogP contribution in [0.15, 0.2) is 53.5 Å². The molecule has 1 heterocycles. The van der Waals surface area contributed by atoms with E-state index in [2.05, 4.69) is 4.99 Å². The first-order chi connectivity index (χ1) is 10.1. The molecule has 1 atom stereocenters. The van der Waals surface area contributed by atoms with Gasteiger partial charge in [0.1, 0.15) is 6.04 Å². The lowest BCUT2D eigenvalue weighted by Crippen LogP contribution is -2.32. The summed E-state index contributed by atoms with van der Waals surface area (Å²) >= 11 is 6.14. The van der Waals surface area contributed by atoms with Crippen LogP contribution in [0.5, 0.6) is 0 Å². The number of benzene rings is 2. The van der Waals surface area contributed by atoms with Crippen molar-refractivity contribution < 1.29 is 4.79 Å². The van der Waals surface area contributed by atoms with Crippen molar-refractivity contribution in [3.63, 3.8) is 0 Å². The number of likely N-dealkylation sites (N-methyl/N-ethyl adjacent to an activating group) is 1. The molecule has 2 aromatic carbocycles. The van der Waals surface area contributed by atoms with Gasteiger partial charge < -0.3 is 4.90 Å². The third-order valence-electron chi connectivity index (χ3n) is 3.63. The Labute approximate surface area is 128 Å². The van der Waals surface area contributed by atoms with Crippen LogP contribution in [0, 0.1) is 0 Å². The maximum atomic E-state index is 12.4. The van der Waals surface area contributed by atoms with E-state index in [1.54, 1.807) is 18.0 Å². The van der Waals surface area contributed by atoms with Gasteiger partial charge in [0.2, 0.25) is 0 Å². The third-order valence-corrected chi connectivity index (χ3v) is 3.87. The molecule has 1 aliphatic rings. The van der Waals surface area contributed by atoms with Crippen LogP contribution < -0.4 is 4.90 Å². The second kappa shape index (κ2) is 5.34. The Kier molecular flexibility index (Phi) is 3.52. The molecule has 0 unspecified atom stereocenters. The van der Waals surface area contributed by atoms with Gasteiger partial charge in [-0.1, -0.05) is 41.9 Å². The lowest BCUT2D eigenvalue weighted by molar-refractivity contribution is -0.119. The summed E-state index contributed by atoms with van der Waals surface area (Å²) < 4.78 is 0. The Hall–Kier alpha value is -2.13. The van der Waals surface area contributed by atoms with E-state index in [-0.39, 0.29) is 5.91 Å². The molecule has 2 aromatic rings. The van der Waals surface area contributed by atoms with Crippen molar-refractivity contribution in [2.45, 2.75) is 13.0 Å². The zero-order valence-corrected chi connectivity index (χ0v) is 12.6. The first-order valence-corrected chi connectivity index (χ1v) is 7.16. The topological polar surface area (TPSA) is 32.7 Å². The predicted molar refractivity (Wildman–Crippen MR) is 86.4 cm³/mol. The monoisotopic (exact) mass is 298 g/mol. The Morgan fingerprint density at radius 3 is 2.57 bits per heavy atom. The van der Waals surface area contributed by atoms with Crippen molar-refractivity contribution in [1.82, 2.24) is 0 Å². The lowest BCUT2D eigenvalue weighted by atomic mass is 10.0. The second-order valence-electron chi connectivity index (χ2n) is 5.08. The quantitative estimate of drug-likeness (QED) is 0.792. The standard InChI is InChI=1S/C17H15ClN2O/c1-11-17(21)20(2)15-9-8-13(18)10-14(15)16(19-11)12-6-4-3-5-7-12/h3-11H,1-2H3/t11-/m1/s1. The third kappa shape index (κ3) is 2.45. The summed E-state index contributed by atoms with van der Waals surface area (Å²) in [6, 6.07) is 15.0. The van der Waals surface area contributed by atoms with E-state index in [0.29, 0.717) is 5.02 Å². The summed E-state index contributed by atoms with van der Waals surface area (Å²) in [5, 5.41) is 0.632. The van der Waals surface area contributed by atoms with Gasteiger partial charge >= 0.3 is 0 Å². The van der Waals surface area contributed by atoms with Crippen LogP contribution in [0.2, 0.25) is 5.02 Å². The molecule has 3 rings (SSSR count). The highest BCUT2D eigenvalue weighted by atomic mass is 35.5. The smallest absolute Gasteiger partial charge is 0.251 e. The number of aliphatic imine (C=N–C) groups is 1. The van der Waals surface area contributed by atoms with Gasteiger partial charge in [-0.2, -0.15) is 0 Å². The predicted octanol–water partition coefficient (Wildman–Crippen LogP) is 3.54. The largest absolute Gasteiger partial charge is 0.313 e. The lowest BCUT2D eigenvalue weighted by Gasteiger charge is -2.19. The molecule has 0 radical (unpaired) electrons. The van der Waals surface area contributed by atoms with Gasteiger partial charge in [-0.15, -0.1) is 0 Å². The van der Waals surface area contributed by atoms with Crippen LogP contribution in [-0.4, -0.2) is 24.7 Å². The number of hydrogen-bond acceptors (Lipinski definition) is 2. The molecule has 0 aromatic heterocycles. The number of halogens is 1. The number of hydrogen-bond donors (Lipinski definition) is 0. The summed E-state index contributed by atoms with van der Waals surface area (Å²) in [6.07, 6.45) is 0. The molecule has 0 spiro atoms. The minimum atomic E-state index is -0.420. The maximum absolute atomic E-state index is 12.4. The number of nitrogens with zero attached hydrogens (tertiary/aromatic N) is 2. The van der Waals surface area contributed by atoms with E-state index in [1.165, 1.54) is 0 Å². The van der Waals surface area contributed by atoms with E-state index in [1.807, 2.05) is 49.4 Å². The SMILES string of the molecule is C[C@H]1N=C(c2ccccc2)c2cc(Cl)ccc2N(C)C1=O. The van der Waals surface area contributed by atoms with Crippen molar-refractivity contribution in [2.24, 2.45) is 4.99 Å². The number of amides is 1. The fraction of sp³-hybridized carbons (Fsp3) is 0.176. The average molecular weight is 299 g/mol. The van der Waals surface area contributed by atoms with Crippen LogP contribution in [0.4, 0.5) is 5.69 Å². The van der Waals surface area contributed by atoms with Crippen LogP contribution in [0.25, 0.3) is 0 Å². The minimum Gasteiger partial charge on any atom is -0.313 e. The molecule has 0 saturated carbocycles. The van der Waals surface area contributed by atoms with Crippen LogP contribution >= 0.6 is 11.6 Å². The molecule has 3 nitrogen and oxygen atoms in total. The molecule has 0 N–H and O–H groups in total. The molecule has 0 fully saturated rings.